The number of carboxylic acids is 1. The molecule has 0 aliphatic carbocycles. The first kappa shape index (κ1) is 25.4. The van der Waals surface area contributed by atoms with Crippen molar-refractivity contribution >= 4 is 39.1 Å². The number of thiophene rings is 1. The normalized spacial score (nSPS) is 11.1. The number of nitrogens with one attached hydrogen (secondary N) is 1. The van der Waals surface area contributed by atoms with Crippen LogP contribution < -0.4 is 0 Å². The third-order valence-corrected chi connectivity index (χ3v) is 7.17. The summed E-state index contributed by atoms with van der Waals surface area (Å²) in [5.74, 6) is -1.45. The molecular weight excluding hydrogens is 470 g/mol. The van der Waals surface area contributed by atoms with Crippen LogP contribution in [-0.4, -0.2) is 50.7 Å². The minimum atomic E-state index is -1.17. The highest BCUT2D eigenvalue weighted by Gasteiger charge is 2.22. The zero-order valence-corrected chi connectivity index (χ0v) is 21.6. The van der Waals surface area contributed by atoms with Gasteiger partial charge in [0.25, 0.3) is 0 Å². The number of hydrogen-bond donors (Lipinski definition) is 3. The maximum atomic E-state index is 12.0. The Bertz CT molecular complexity index is 1460. The van der Waals surface area contributed by atoms with Crippen molar-refractivity contribution in [1.82, 2.24) is 14.9 Å². The second-order valence-electron chi connectivity index (χ2n) is 8.46. The maximum absolute atomic E-state index is 12.0. The first-order valence-corrected chi connectivity index (χ1v) is 13.1. The Morgan fingerprint density at radius 3 is 2.36 bits per heavy atom. The highest BCUT2D eigenvalue weighted by molar-refractivity contribution is 7.08. The van der Waals surface area contributed by atoms with E-state index in [1.54, 1.807) is 23.5 Å². The number of aromatic carboxylic acids is 1. The SMILES string of the molecule is CCN(CC)CC.O=C(O)c1c(O)c(Cc2c[nH]c3ccccc23)nc2c(-c3ccsc3)cccc12. The molecule has 36 heavy (non-hydrogen) atoms. The number of carboxylic acid groups (broad SMARTS) is 1. The van der Waals surface area contributed by atoms with Gasteiger partial charge in [0.05, 0.1) is 11.2 Å². The molecular formula is C29H31N3O3S. The zero-order chi connectivity index (χ0) is 25.7. The lowest BCUT2D eigenvalue weighted by molar-refractivity contribution is 0.0695. The summed E-state index contributed by atoms with van der Waals surface area (Å²) in [6.07, 6.45) is 2.20. The molecule has 0 saturated carbocycles. The van der Waals surface area contributed by atoms with Crippen molar-refractivity contribution in [2.45, 2.75) is 27.2 Å². The van der Waals surface area contributed by atoms with E-state index in [2.05, 4.69) is 30.7 Å². The van der Waals surface area contributed by atoms with Crippen LogP contribution in [0.15, 0.2) is 65.5 Å². The van der Waals surface area contributed by atoms with E-state index in [4.69, 9.17) is 4.98 Å². The highest BCUT2D eigenvalue weighted by Crippen LogP contribution is 2.36. The zero-order valence-electron chi connectivity index (χ0n) is 20.8. The number of H-pyrrole nitrogens is 1. The monoisotopic (exact) mass is 501 g/mol. The summed E-state index contributed by atoms with van der Waals surface area (Å²) in [6, 6.07) is 15.3. The van der Waals surface area contributed by atoms with Gasteiger partial charge in [-0.05, 0) is 53.7 Å². The Balaban J connectivity index is 0.000000384. The van der Waals surface area contributed by atoms with Gasteiger partial charge in [-0.25, -0.2) is 9.78 Å². The number of para-hydroxylation sites is 2. The van der Waals surface area contributed by atoms with Crippen LogP contribution in [0.4, 0.5) is 0 Å². The van der Waals surface area contributed by atoms with E-state index in [0.29, 0.717) is 23.0 Å². The van der Waals surface area contributed by atoms with E-state index >= 15 is 0 Å². The fourth-order valence-electron chi connectivity index (χ4n) is 4.44. The molecule has 0 aliphatic rings. The Morgan fingerprint density at radius 2 is 1.72 bits per heavy atom. The largest absolute Gasteiger partial charge is 0.505 e. The Labute approximate surface area is 214 Å². The summed E-state index contributed by atoms with van der Waals surface area (Å²) >= 11 is 1.57. The molecule has 0 unspecified atom stereocenters. The molecule has 0 radical (unpaired) electrons. The molecule has 5 rings (SSSR count). The molecule has 0 amide bonds. The van der Waals surface area contributed by atoms with Crippen LogP contribution in [0.2, 0.25) is 0 Å². The van der Waals surface area contributed by atoms with Crippen LogP contribution in [0.1, 0.15) is 42.4 Å². The number of benzene rings is 2. The fraction of sp³-hybridized carbons (Fsp3) is 0.241. The lowest BCUT2D eigenvalue weighted by Crippen LogP contribution is -2.21. The van der Waals surface area contributed by atoms with Crippen LogP contribution in [0.25, 0.3) is 32.9 Å². The summed E-state index contributed by atoms with van der Waals surface area (Å²) in [6.45, 7) is 10.1. The second kappa shape index (κ2) is 11.4. The molecule has 5 aromatic rings. The van der Waals surface area contributed by atoms with E-state index in [-0.39, 0.29) is 11.3 Å². The lowest BCUT2D eigenvalue weighted by Gasteiger charge is -2.13. The van der Waals surface area contributed by atoms with Crippen molar-refractivity contribution in [3.8, 4) is 16.9 Å². The number of rotatable bonds is 7. The average Bonchev–Trinajstić information content (AvgIpc) is 3.56. The van der Waals surface area contributed by atoms with Gasteiger partial charge in [0, 0.05) is 34.5 Å². The third-order valence-electron chi connectivity index (χ3n) is 6.48. The van der Waals surface area contributed by atoms with Crippen LogP contribution in [0, 0.1) is 0 Å². The van der Waals surface area contributed by atoms with Crippen molar-refractivity contribution in [1.29, 1.82) is 0 Å². The number of aromatic hydroxyl groups is 1. The molecule has 6 nitrogen and oxygen atoms in total. The third kappa shape index (κ3) is 5.12. The molecule has 0 bridgehead atoms. The Morgan fingerprint density at radius 1 is 1.00 bits per heavy atom. The van der Waals surface area contributed by atoms with Crippen molar-refractivity contribution < 1.29 is 15.0 Å². The summed E-state index contributed by atoms with van der Waals surface area (Å²) in [5.41, 5.74) is 4.59. The van der Waals surface area contributed by atoms with Gasteiger partial charge in [0.15, 0.2) is 5.75 Å². The van der Waals surface area contributed by atoms with E-state index in [1.807, 2.05) is 53.4 Å². The predicted molar refractivity (Wildman–Crippen MR) is 148 cm³/mol. The standard InChI is InChI=1S/C23H16N2O3S.C6H15N/c26-22-19(10-14-11-24-18-7-2-1-4-15(14)18)25-21-16(13-8-9-29-12-13)5-3-6-17(21)20(22)23(27)28;1-4-7(5-2)6-3/h1-9,11-12,24,26H,10H2,(H,27,28);4-6H2,1-3H3. The number of nitrogens with zero attached hydrogens (tertiary/aromatic N) is 2. The van der Waals surface area contributed by atoms with Crippen molar-refractivity contribution in [3.63, 3.8) is 0 Å². The van der Waals surface area contributed by atoms with Crippen LogP contribution in [0.5, 0.6) is 5.75 Å². The van der Waals surface area contributed by atoms with Gasteiger partial charge in [-0.3, -0.25) is 0 Å². The minimum absolute atomic E-state index is 0.109. The minimum Gasteiger partial charge on any atom is -0.505 e. The number of fused-ring (bicyclic) bond motifs is 2. The van der Waals surface area contributed by atoms with Gasteiger partial charge >= 0.3 is 5.97 Å². The van der Waals surface area contributed by atoms with Crippen molar-refractivity contribution in [3.05, 3.63) is 82.3 Å². The van der Waals surface area contributed by atoms with Crippen LogP contribution in [0.3, 0.4) is 0 Å². The summed E-state index contributed by atoms with van der Waals surface area (Å²) in [5, 5.41) is 26.0. The molecule has 3 heterocycles. The van der Waals surface area contributed by atoms with Gasteiger partial charge in [-0.2, -0.15) is 11.3 Å². The molecule has 0 atom stereocenters. The molecule has 0 saturated heterocycles. The van der Waals surface area contributed by atoms with Crippen molar-refractivity contribution in [2.24, 2.45) is 0 Å². The number of aromatic nitrogens is 2. The van der Waals surface area contributed by atoms with E-state index in [9.17, 15) is 15.0 Å². The van der Waals surface area contributed by atoms with Crippen molar-refractivity contribution in [2.75, 3.05) is 19.6 Å². The van der Waals surface area contributed by atoms with Gasteiger partial charge in [-0.1, -0.05) is 57.2 Å². The smallest absolute Gasteiger partial charge is 0.340 e. The Kier molecular flexibility index (Phi) is 8.03. The van der Waals surface area contributed by atoms with Crippen LogP contribution >= 0.6 is 11.3 Å². The van der Waals surface area contributed by atoms with Gasteiger partial charge in [0.2, 0.25) is 0 Å². The Hall–Kier alpha value is -3.68. The maximum Gasteiger partial charge on any atom is 0.340 e. The quantitative estimate of drug-likeness (QED) is 0.229. The van der Waals surface area contributed by atoms with Crippen LogP contribution in [-0.2, 0) is 6.42 Å². The van der Waals surface area contributed by atoms with Gasteiger partial charge < -0.3 is 20.1 Å². The molecule has 0 aliphatic heterocycles. The second-order valence-corrected chi connectivity index (χ2v) is 9.24. The highest BCUT2D eigenvalue weighted by atomic mass is 32.1. The summed E-state index contributed by atoms with van der Waals surface area (Å²) in [4.78, 5) is 22.3. The molecule has 0 fully saturated rings. The predicted octanol–water partition coefficient (Wildman–Crippen LogP) is 6.79. The molecule has 3 N–H and O–H groups in total. The summed E-state index contributed by atoms with van der Waals surface area (Å²) < 4.78 is 0. The van der Waals surface area contributed by atoms with E-state index in [1.165, 1.54) is 19.6 Å². The number of pyridine rings is 1. The topological polar surface area (TPSA) is 89.5 Å². The first-order chi connectivity index (χ1) is 17.5. The molecule has 2 aromatic carbocycles. The van der Waals surface area contributed by atoms with E-state index < -0.39 is 5.97 Å². The van der Waals surface area contributed by atoms with E-state index in [0.717, 1.165) is 27.6 Å². The molecule has 7 heteroatoms. The first-order valence-electron chi connectivity index (χ1n) is 12.2. The molecule has 0 spiro atoms. The number of carbonyl (C=O) groups is 1. The summed E-state index contributed by atoms with van der Waals surface area (Å²) in [7, 11) is 0. The molecule has 186 valence electrons. The van der Waals surface area contributed by atoms with Gasteiger partial charge in [0.1, 0.15) is 5.56 Å². The number of aromatic amines is 1. The fourth-order valence-corrected chi connectivity index (χ4v) is 5.10. The number of hydrogen-bond acceptors (Lipinski definition) is 5. The lowest BCUT2D eigenvalue weighted by atomic mass is 9.98. The molecule has 3 aromatic heterocycles. The van der Waals surface area contributed by atoms with Gasteiger partial charge in [-0.15, -0.1) is 0 Å². The average molecular weight is 502 g/mol.